The normalized spacial score (nSPS) is 12.6. The van der Waals surface area contributed by atoms with Gasteiger partial charge in [-0.05, 0) is 68.1 Å². The third-order valence-electron chi connectivity index (χ3n) is 2.57. The summed E-state index contributed by atoms with van der Waals surface area (Å²) in [5.74, 6) is -0.547. The van der Waals surface area contributed by atoms with Crippen molar-refractivity contribution in [3.8, 4) is 0 Å². The van der Waals surface area contributed by atoms with E-state index in [4.69, 9.17) is 0 Å². The number of halogens is 2. The molecule has 1 aromatic rings. The van der Waals surface area contributed by atoms with Crippen LogP contribution < -0.4 is 5.32 Å². The standard InChI is InChI=1S/C13H18BrFN2O/c1-9(6-7-17(2)3)16-13(18)10-4-5-12(15)11(14)8-10/h4-5,8-9H,6-7H2,1-3H3,(H,16,18). The van der Waals surface area contributed by atoms with Gasteiger partial charge in [-0.3, -0.25) is 4.79 Å². The molecule has 3 nitrogen and oxygen atoms in total. The van der Waals surface area contributed by atoms with Crippen molar-refractivity contribution in [2.24, 2.45) is 0 Å². The summed E-state index contributed by atoms with van der Waals surface area (Å²) in [6, 6.07) is 4.34. The van der Waals surface area contributed by atoms with E-state index in [0.717, 1.165) is 13.0 Å². The van der Waals surface area contributed by atoms with E-state index in [0.29, 0.717) is 10.0 Å². The van der Waals surface area contributed by atoms with Gasteiger partial charge in [-0.25, -0.2) is 4.39 Å². The van der Waals surface area contributed by atoms with Crippen LogP contribution in [-0.4, -0.2) is 37.5 Å². The Morgan fingerprint density at radius 1 is 1.50 bits per heavy atom. The Morgan fingerprint density at radius 3 is 2.72 bits per heavy atom. The molecule has 5 heteroatoms. The lowest BCUT2D eigenvalue weighted by Crippen LogP contribution is -2.34. The van der Waals surface area contributed by atoms with Crippen molar-refractivity contribution in [3.05, 3.63) is 34.1 Å². The first-order chi connectivity index (χ1) is 8.40. The highest BCUT2D eigenvalue weighted by Gasteiger charge is 2.11. The van der Waals surface area contributed by atoms with Crippen LogP contribution in [-0.2, 0) is 0 Å². The van der Waals surface area contributed by atoms with Gasteiger partial charge in [0.2, 0.25) is 0 Å². The number of nitrogens with one attached hydrogen (secondary N) is 1. The molecule has 1 amide bonds. The highest BCUT2D eigenvalue weighted by molar-refractivity contribution is 9.10. The first kappa shape index (κ1) is 15.1. The largest absolute Gasteiger partial charge is 0.350 e. The fraction of sp³-hybridized carbons (Fsp3) is 0.462. The van der Waals surface area contributed by atoms with Gasteiger partial charge in [0.1, 0.15) is 5.82 Å². The van der Waals surface area contributed by atoms with Gasteiger partial charge in [0.25, 0.3) is 5.91 Å². The van der Waals surface area contributed by atoms with Gasteiger partial charge >= 0.3 is 0 Å². The van der Waals surface area contributed by atoms with Crippen LogP contribution in [0.3, 0.4) is 0 Å². The molecule has 0 aliphatic carbocycles. The van der Waals surface area contributed by atoms with Crippen LogP contribution >= 0.6 is 15.9 Å². The third kappa shape index (κ3) is 4.74. The quantitative estimate of drug-likeness (QED) is 0.905. The lowest BCUT2D eigenvalue weighted by Gasteiger charge is -2.16. The molecule has 1 aromatic carbocycles. The number of rotatable bonds is 5. The topological polar surface area (TPSA) is 32.3 Å². The van der Waals surface area contributed by atoms with E-state index in [1.165, 1.54) is 18.2 Å². The maximum Gasteiger partial charge on any atom is 0.251 e. The lowest BCUT2D eigenvalue weighted by molar-refractivity contribution is 0.0936. The molecule has 0 aliphatic rings. The van der Waals surface area contributed by atoms with Crippen LogP contribution in [0.4, 0.5) is 4.39 Å². The molecular formula is C13H18BrFN2O. The van der Waals surface area contributed by atoms with E-state index >= 15 is 0 Å². The van der Waals surface area contributed by atoms with E-state index in [1.807, 2.05) is 21.0 Å². The molecule has 1 N–H and O–H groups in total. The van der Waals surface area contributed by atoms with Gasteiger partial charge in [-0.15, -0.1) is 0 Å². The zero-order valence-electron chi connectivity index (χ0n) is 10.8. The van der Waals surface area contributed by atoms with E-state index < -0.39 is 0 Å². The molecule has 0 aromatic heterocycles. The van der Waals surface area contributed by atoms with E-state index in [9.17, 15) is 9.18 Å². The van der Waals surface area contributed by atoms with E-state index in [-0.39, 0.29) is 17.8 Å². The van der Waals surface area contributed by atoms with Crippen molar-refractivity contribution >= 4 is 21.8 Å². The fourth-order valence-corrected chi connectivity index (χ4v) is 1.85. The molecule has 0 saturated heterocycles. The lowest BCUT2D eigenvalue weighted by atomic mass is 10.1. The first-order valence-electron chi connectivity index (χ1n) is 5.81. The Kier molecular flexibility index (Phi) is 5.75. The van der Waals surface area contributed by atoms with Crippen molar-refractivity contribution in [1.82, 2.24) is 10.2 Å². The summed E-state index contributed by atoms with van der Waals surface area (Å²) in [5.41, 5.74) is 0.458. The maximum atomic E-state index is 13.1. The first-order valence-corrected chi connectivity index (χ1v) is 6.60. The molecule has 0 spiro atoms. The SMILES string of the molecule is CC(CCN(C)C)NC(=O)c1ccc(F)c(Br)c1. The molecule has 0 bridgehead atoms. The van der Waals surface area contributed by atoms with E-state index in [1.54, 1.807) is 0 Å². The molecule has 0 radical (unpaired) electrons. The number of benzene rings is 1. The molecule has 1 unspecified atom stereocenters. The van der Waals surface area contributed by atoms with E-state index in [2.05, 4.69) is 26.1 Å². The molecule has 0 aliphatic heterocycles. The van der Waals surface area contributed by atoms with Gasteiger partial charge in [0, 0.05) is 11.6 Å². The Bertz CT molecular complexity index is 423. The Labute approximate surface area is 115 Å². The number of hydrogen-bond donors (Lipinski definition) is 1. The highest BCUT2D eigenvalue weighted by atomic mass is 79.9. The molecule has 100 valence electrons. The number of carbonyl (C=O) groups excluding carboxylic acids is 1. The Morgan fingerprint density at radius 2 is 2.17 bits per heavy atom. The van der Waals surface area contributed by atoms with Crippen LogP contribution in [0.2, 0.25) is 0 Å². The van der Waals surface area contributed by atoms with Gasteiger partial charge in [-0.2, -0.15) is 0 Å². The minimum absolute atomic E-state index is 0.0868. The average molecular weight is 317 g/mol. The van der Waals surface area contributed by atoms with Crippen LogP contribution in [0.25, 0.3) is 0 Å². The fourth-order valence-electron chi connectivity index (χ4n) is 1.47. The van der Waals surface area contributed by atoms with Crippen molar-refractivity contribution in [2.45, 2.75) is 19.4 Å². The summed E-state index contributed by atoms with van der Waals surface area (Å²) >= 11 is 3.07. The molecular weight excluding hydrogens is 299 g/mol. The van der Waals surface area contributed by atoms with Crippen molar-refractivity contribution < 1.29 is 9.18 Å². The number of carbonyl (C=O) groups is 1. The maximum absolute atomic E-state index is 13.1. The summed E-state index contributed by atoms with van der Waals surface area (Å²) in [6.45, 7) is 2.87. The molecule has 0 saturated carbocycles. The van der Waals surface area contributed by atoms with Gasteiger partial charge in [-0.1, -0.05) is 0 Å². The molecule has 1 atom stereocenters. The predicted molar refractivity (Wildman–Crippen MR) is 74.2 cm³/mol. The molecule has 18 heavy (non-hydrogen) atoms. The monoisotopic (exact) mass is 316 g/mol. The summed E-state index contributed by atoms with van der Waals surface area (Å²) in [5, 5.41) is 2.89. The number of amides is 1. The predicted octanol–water partition coefficient (Wildman–Crippen LogP) is 2.66. The summed E-state index contributed by atoms with van der Waals surface area (Å²) in [7, 11) is 3.98. The number of nitrogens with zero attached hydrogens (tertiary/aromatic N) is 1. The Hall–Kier alpha value is -0.940. The van der Waals surface area contributed by atoms with Crippen LogP contribution in [0.1, 0.15) is 23.7 Å². The zero-order valence-corrected chi connectivity index (χ0v) is 12.4. The molecule has 0 heterocycles. The smallest absolute Gasteiger partial charge is 0.251 e. The minimum Gasteiger partial charge on any atom is -0.350 e. The number of hydrogen-bond acceptors (Lipinski definition) is 2. The average Bonchev–Trinajstić information content (AvgIpc) is 2.30. The summed E-state index contributed by atoms with van der Waals surface area (Å²) in [6.07, 6.45) is 0.876. The third-order valence-corrected chi connectivity index (χ3v) is 3.18. The van der Waals surface area contributed by atoms with Crippen LogP contribution in [0, 0.1) is 5.82 Å². The zero-order chi connectivity index (χ0) is 13.7. The molecule has 0 fully saturated rings. The van der Waals surface area contributed by atoms with Gasteiger partial charge < -0.3 is 10.2 Å². The van der Waals surface area contributed by atoms with Gasteiger partial charge in [0.15, 0.2) is 0 Å². The van der Waals surface area contributed by atoms with Gasteiger partial charge in [0.05, 0.1) is 4.47 Å². The molecule has 1 rings (SSSR count). The van der Waals surface area contributed by atoms with Crippen molar-refractivity contribution in [2.75, 3.05) is 20.6 Å². The minimum atomic E-state index is -0.368. The van der Waals surface area contributed by atoms with Crippen molar-refractivity contribution in [1.29, 1.82) is 0 Å². The highest BCUT2D eigenvalue weighted by Crippen LogP contribution is 2.16. The van der Waals surface area contributed by atoms with Crippen LogP contribution in [0.15, 0.2) is 22.7 Å². The Balaban J connectivity index is 2.56. The van der Waals surface area contributed by atoms with Crippen molar-refractivity contribution in [3.63, 3.8) is 0 Å². The summed E-state index contributed by atoms with van der Waals surface area (Å²) < 4.78 is 13.4. The van der Waals surface area contributed by atoms with Crippen LogP contribution in [0.5, 0.6) is 0 Å². The second-order valence-electron chi connectivity index (χ2n) is 4.60. The summed E-state index contributed by atoms with van der Waals surface area (Å²) in [4.78, 5) is 14.0. The second kappa shape index (κ2) is 6.85. The second-order valence-corrected chi connectivity index (χ2v) is 5.45.